The first kappa shape index (κ1) is 13.9. The average molecular weight is 333 g/mol. The number of hydrogen-bond acceptors (Lipinski definition) is 1. The van der Waals surface area contributed by atoms with Crippen LogP contribution in [-0.4, -0.2) is 10.5 Å². The molecule has 4 rings (SSSR count). The molecule has 1 fully saturated rings. The minimum absolute atomic E-state index is 0.0166. The number of nitrogens with zero attached hydrogens (tertiary/aromatic N) is 1. The number of fused-ring (bicyclic) bond motifs is 3. The van der Waals surface area contributed by atoms with Crippen molar-refractivity contribution in [2.24, 2.45) is 11.7 Å². The summed E-state index contributed by atoms with van der Waals surface area (Å²) >= 11 is 12.3. The van der Waals surface area contributed by atoms with Gasteiger partial charge in [0, 0.05) is 43.8 Å². The molecule has 0 atom stereocenters. The van der Waals surface area contributed by atoms with Gasteiger partial charge in [0.25, 0.3) is 0 Å². The zero-order valence-electron chi connectivity index (χ0n) is 11.7. The number of amides is 1. The minimum Gasteiger partial charge on any atom is -0.369 e. The zero-order valence-corrected chi connectivity index (χ0v) is 13.2. The lowest BCUT2D eigenvalue weighted by atomic mass is 9.79. The maximum Gasteiger partial charge on any atom is 0.220 e. The molecule has 112 valence electrons. The lowest BCUT2D eigenvalue weighted by molar-refractivity contribution is -0.125. The molecule has 1 amide bonds. The molecule has 0 saturated heterocycles. The quantitative estimate of drug-likeness (QED) is 0.735. The lowest BCUT2D eigenvalue weighted by Gasteiger charge is -2.35. The molecule has 0 unspecified atom stereocenters. The van der Waals surface area contributed by atoms with Crippen LogP contribution in [-0.2, 0) is 4.79 Å². The van der Waals surface area contributed by atoms with Crippen molar-refractivity contribution < 1.29 is 4.79 Å². The van der Waals surface area contributed by atoms with Crippen LogP contribution in [0, 0.1) is 5.92 Å². The van der Waals surface area contributed by atoms with Crippen LogP contribution in [0.3, 0.4) is 0 Å². The highest BCUT2D eigenvalue weighted by Gasteiger charge is 2.35. The monoisotopic (exact) mass is 332 g/mol. The Kier molecular flexibility index (Phi) is 3.10. The van der Waals surface area contributed by atoms with Gasteiger partial charge in [0.1, 0.15) is 0 Å². The Morgan fingerprint density at radius 3 is 1.95 bits per heavy atom. The van der Waals surface area contributed by atoms with E-state index in [2.05, 4.69) is 4.57 Å². The third-order valence-corrected chi connectivity index (χ3v) is 5.08. The molecule has 1 aliphatic carbocycles. The molecule has 3 nitrogen and oxygen atoms in total. The fourth-order valence-electron chi connectivity index (χ4n) is 3.42. The summed E-state index contributed by atoms with van der Waals surface area (Å²) in [5.41, 5.74) is 7.64. The van der Waals surface area contributed by atoms with E-state index >= 15 is 0 Å². The second-order valence-corrected chi connectivity index (χ2v) is 6.79. The summed E-state index contributed by atoms with van der Waals surface area (Å²) in [6.45, 7) is 0. The number of carbonyl (C=O) groups excluding carboxylic acids is 1. The fourth-order valence-corrected chi connectivity index (χ4v) is 3.77. The molecule has 22 heavy (non-hydrogen) atoms. The van der Waals surface area contributed by atoms with E-state index in [1.807, 2.05) is 36.4 Å². The first-order valence-electron chi connectivity index (χ1n) is 7.22. The Balaban J connectivity index is 1.94. The van der Waals surface area contributed by atoms with Crippen LogP contribution in [0.2, 0.25) is 10.0 Å². The predicted octanol–water partition coefficient (Wildman–Crippen LogP) is 4.54. The number of benzene rings is 2. The zero-order chi connectivity index (χ0) is 15.4. The Hall–Kier alpha value is -1.71. The summed E-state index contributed by atoms with van der Waals surface area (Å²) < 4.78 is 2.29. The average Bonchev–Trinajstić information content (AvgIpc) is 2.71. The molecule has 0 aliphatic heterocycles. The third-order valence-electron chi connectivity index (χ3n) is 4.61. The number of carbonyl (C=O) groups is 1. The summed E-state index contributed by atoms with van der Waals surface area (Å²) in [5.74, 6) is -0.222. The fraction of sp³-hybridized carbons (Fsp3) is 0.235. The predicted molar refractivity (Wildman–Crippen MR) is 90.4 cm³/mol. The summed E-state index contributed by atoms with van der Waals surface area (Å²) in [4.78, 5) is 11.3. The molecule has 0 spiro atoms. The molecule has 1 saturated carbocycles. The summed E-state index contributed by atoms with van der Waals surface area (Å²) in [6.07, 6.45) is 1.58. The largest absolute Gasteiger partial charge is 0.369 e. The van der Waals surface area contributed by atoms with E-state index in [1.54, 1.807) is 0 Å². The van der Waals surface area contributed by atoms with Gasteiger partial charge in [-0.05, 0) is 49.2 Å². The smallest absolute Gasteiger partial charge is 0.220 e. The van der Waals surface area contributed by atoms with Crippen molar-refractivity contribution >= 4 is 50.9 Å². The van der Waals surface area contributed by atoms with Crippen LogP contribution >= 0.6 is 23.2 Å². The van der Waals surface area contributed by atoms with E-state index in [0.717, 1.165) is 34.6 Å². The molecular formula is C17H14Cl2N2O. The van der Waals surface area contributed by atoms with E-state index in [0.29, 0.717) is 16.1 Å². The molecule has 3 aromatic rings. The second kappa shape index (κ2) is 4.90. The molecule has 2 N–H and O–H groups in total. The van der Waals surface area contributed by atoms with Crippen LogP contribution in [0.15, 0.2) is 36.4 Å². The second-order valence-electron chi connectivity index (χ2n) is 5.92. The van der Waals surface area contributed by atoms with Crippen LogP contribution < -0.4 is 5.73 Å². The van der Waals surface area contributed by atoms with Crippen LogP contribution in [0.1, 0.15) is 18.9 Å². The van der Waals surface area contributed by atoms with E-state index in [4.69, 9.17) is 28.9 Å². The minimum atomic E-state index is -0.205. The van der Waals surface area contributed by atoms with Crippen molar-refractivity contribution in [3.8, 4) is 0 Å². The van der Waals surface area contributed by atoms with Gasteiger partial charge in [-0.1, -0.05) is 23.2 Å². The van der Waals surface area contributed by atoms with Gasteiger partial charge in [-0.2, -0.15) is 0 Å². The summed E-state index contributed by atoms with van der Waals surface area (Å²) in [6, 6.07) is 12.1. The van der Waals surface area contributed by atoms with Gasteiger partial charge in [0.2, 0.25) is 5.91 Å². The van der Waals surface area contributed by atoms with E-state index in [9.17, 15) is 4.79 Å². The molecular weight excluding hydrogens is 319 g/mol. The van der Waals surface area contributed by atoms with Gasteiger partial charge in [0.15, 0.2) is 0 Å². The van der Waals surface area contributed by atoms with Gasteiger partial charge in [0.05, 0.1) is 0 Å². The Labute approximate surface area is 137 Å². The number of primary amides is 1. The van der Waals surface area contributed by atoms with Crippen molar-refractivity contribution in [1.82, 2.24) is 4.57 Å². The highest BCUT2D eigenvalue weighted by Crippen LogP contribution is 2.43. The van der Waals surface area contributed by atoms with Crippen molar-refractivity contribution in [3.63, 3.8) is 0 Å². The molecule has 2 aromatic carbocycles. The molecule has 0 bridgehead atoms. The number of hydrogen-bond donors (Lipinski definition) is 1. The van der Waals surface area contributed by atoms with Crippen LogP contribution in [0.5, 0.6) is 0 Å². The molecule has 5 heteroatoms. The number of aromatic nitrogens is 1. The van der Waals surface area contributed by atoms with Crippen LogP contribution in [0.25, 0.3) is 21.8 Å². The Morgan fingerprint density at radius 2 is 1.50 bits per heavy atom. The molecule has 0 radical (unpaired) electrons. The topological polar surface area (TPSA) is 48.0 Å². The molecule has 1 aliphatic rings. The van der Waals surface area contributed by atoms with Crippen molar-refractivity contribution in [1.29, 1.82) is 0 Å². The van der Waals surface area contributed by atoms with Crippen LogP contribution in [0.4, 0.5) is 0 Å². The molecule has 1 aromatic heterocycles. The lowest BCUT2D eigenvalue weighted by Crippen LogP contribution is -2.36. The van der Waals surface area contributed by atoms with Crippen molar-refractivity contribution in [2.75, 3.05) is 0 Å². The Morgan fingerprint density at radius 1 is 1.00 bits per heavy atom. The SMILES string of the molecule is NC(=O)C1CC(n2c3ccc(Cl)cc3c3cc(Cl)ccc32)C1. The maximum atomic E-state index is 11.3. The number of nitrogens with two attached hydrogens (primary N) is 1. The van der Waals surface area contributed by atoms with Crippen molar-refractivity contribution in [2.45, 2.75) is 18.9 Å². The standard InChI is InChI=1S/C17H14Cl2N2O/c18-10-1-3-15-13(7-10)14-8-11(19)2-4-16(14)21(15)12-5-9(6-12)17(20)22/h1-4,7-9,12H,5-6H2,(H2,20,22). The normalized spacial score (nSPS) is 21.2. The first-order chi connectivity index (χ1) is 10.5. The van der Waals surface area contributed by atoms with E-state index in [1.165, 1.54) is 0 Å². The highest BCUT2D eigenvalue weighted by molar-refractivity contribution is 6.33. The summed E-state index contributed by atoms with van der Waals surface area (Å²) in [5, 5.41) is 3.59. The van der Waals surface area contributed by atoms with E-state index < -0.39 is 0 Å². The van der Waals surface area contributed by atoms with Gasteiger partial charge >= 0.3 is 0 Å². The summed E-state index contributed by atoms with van der Waals surface area (Å²) in [7, 11) is 0. The van der Waals surface area contributed by atoms with Gasteiger partial charge in [-0.15, -0.1) is 0 Å². The number of halogens is 2. The Bertz CT molecular complexity index is 851. The molecule has 1 heterocycles. The third kappa shape index (κ3) is 2.00. The highest BCUT2D eigenvalue weighted by atomic mass is 35.5. The first-order valence-corrected chi connectivity index (χ1v) is 7.98. The van der Waals surface area contributed by atoms with Gasteiger partial charge in [-0.25, -0.2) is 0 Å². The number of rotatable bonds is 2. The van der Waals surface area contributed by atoms with Crippen molar-refractivity contribution in [3.05, 3.63) is 46.4 Å². The van der Waals surface area contributed by atoms with Gasteiger partial charge in [-0.3, -0.25) is 4.79 Å². The van der Waals surface area contributed by atoms with Gasteiger partial charge < -0.3 is 10.3 Å². The maximum absolute atomic E-state index is 11.3. The van der Waals surface area contributed by atoms with E-state index in [-0.39, 0.29) is 11.8 Å².